The smallest absolute Gasteiger partial charge is 0.0596 e. The fourth-order valence-electron chi connectivity index (χ4n) is 2.17. The largest absolute Gasteiger partial charge is 0.326 e. The van der Waals surface area contributed by atoms with Crippen LogP contribution >= 0.6 is 11.8 Å². The van der Waals surface area contributed by atoms with E-state index in [4.69, 9.17) is 5.73 Å². The van der Waals surface area contributed by atoms with Crippen molar-refractivity contribution >= 4 is 11.8 Å². The highest BCUT2D eigenvalue weighted by molar-refractivity contribution is 8.00. The molecule has 1 saturated heterocycles. The van der Waals surface area contributed by atoms with Gasteiger partial charge in [-0.15, -0.1) is 0 Å². The molecule has 1 fully saturated rings. The highest BCUT2D eigenvalue weighted by Gasteiger charge is 2.23. The molecule has 2 atom stereocenters. The van der Waals surface area contributed by atoms with Gasteiger partial charge in [0.15, 0.2) is 0 Å². The van der Waals surface area contributed by atoms with Gasteiger partial charge in [-0.25, -0.2) is 0 Å². The Morgan fingerprint density at radius 2 is 2.53 bits per heavy atom. The second kappa shape index (κ2) is 4.58. The first kappa shape index (κ1) is 11.0. The van der Waals surface area contributed by atoms with Crippen molar-refractivity contribution in [3.05, 3.63) is 17.5 Å². The van der Waals surface area contributed by atoms with E-state index < -0.39 is 0 Å². The predicted octanol–water partition coefficient (Wildman–Crippen LogP) is 1.49. The molecule has 84 valence electrons. The summed E-state index contributed by atoms with van der Waals surface area (Å²) in [6.45, 7) is 2.03. The fourth-order valence-corrected chi connectivity index (χ4v) is 3.48. The average Bonchev–Trinajstić information content (AvgIpc) is 2.76. The number of aryl methyl sites for hydroxylation is 2. The standard InChI is InChI=1S/C11H19N3S/c1-8-6-9(14(2)13-8)7-10(12)11-4-3-5-15-11/h6,10-11H,3-5,7,12H2,1-2H3. The van der Waals surface area contributed by atoms with Crippen molar-refractivity contribution in [2.24, 2.45) is 12.8 Å². The summed E-state index contributed by atoms with van der Waals surface area (Å²) in [4.78, 5) is 0. The monoisotopic (exact) mass is 225 g/mol. The van der Waals surface area contributed by atoms with Crippen molar-refractivity contribution in [1.82, 2.24) is 9.78 Å². The van der Waals surface area contributed by atoms with Gasteiger partial charge in [0.1, 0.15) is 0 Å². The first-order chi connectivity index (χ1) is 7.16. The zero-order chi connectivity index (χ0) is 10.8. The minimum Gasteiger partial charge on any atom is -0.326 e. The van der Waals surface area contributed by atoms with E-state index >= 15 is 0 Å². The molecule has 0 bridgehead atoms. The third-order valence-corrected chi connectivity index (χ3v) is 4.52. The van der Waals surface area contributed by atoms with Crippen LogP contribution in [-0.2, 0) is 13.5 Å². The second-order valence-electron chi connectivity index (χ2n) is 4.32. The first-order valence-electron chi connectivity index (χ1n) is 5.53. The van der Waals surface area contributed by atoms with Crippen LogP contribution in [0, 0.1) is 6.92 Å². The molecule has 1 aromatic rings. The third-order valence-electron chi connectivity index (χ3n) is 2.99. The summed E-state index contributed by atoms with van der Waals surface area (Å²) in [6.07, 6.45) is 3.56. The quantitative estimate of drug-likeness (QED) is 0.847. The second-order valence-corrected chi connectivity index (χ2v) is 5.67. The highest BCUT2D eigenvalue weighted by atomic mass is 32.2. The van der Waals surface area contributed by atoms with Crippen LogP contribution in [0.4, 0.5) is 0 Å². The van der Waals surface area contributed by atoms with Crippen LogP contribution in [0.15, 0.2) is 6.07 Å². The van der Waals surface area contributed by atoms with Crippen LogP contribution in [0.1, 0.15) is 24.2 Å². The molecule has 3 nitrogen and oxygen atoms in total. The lowest BCUT2D eigenvalue weighted by atomic mass is 10.1. The zero-order valence-corrected chi connectivity index (χ0v) is 10.3. The number of rotatable bonds is 3. The van der Waals surface area contributed by atoms with Gasteiger partial charge < -0.3 is 5.73 Å². The maximum atomic E-state index is 6.23. The van der Waals surface area contributed by atoms with Crippen LogP contribution in [0.3, 0.4) is 0 Å². The maximum Gasteiger partial charge on any atom is 0.0596 e. The van der Waals surface area contributed by atoms with E-state index in [1.165, 1.54) is 24.3 Å². The Hall–Kier alpha value is -0.480. The number of hydrogen-bond donors (Lipinski definition) is 1. The van der Waals surface area contributed by atoms with Gasteiger partial charge in [0.25, 0.3) is 0 Å². The van der Waals surface area contributed by atoms with Gasteiger partial charge in [-0.1, -0.05) is 0 Å². The summed E-state index contributed by atoms with van der Waals surface area (Å²) < 4.78 is 1.95. The summed E-state index contributed by atoms with van der Waals surface area (Å²) in [6, 6.07) is 2.42. The van der Waals surface area contributed by atoms with Crippen molar-refractivity contribution in [3.63, 3.8) is 0 Å². The first-order valence-corrected chi connectivity index (χ1v) is 6.58. The van der Waals surface area contributed by atoms with Crippen LogP contribution in [0.2, 0.25) is 0 Å². The minimum absolute atomic E-state index is 0.285. The van der Waals surface area contributed by atoms with Gasteiger partial charge in [-0.2, -0.15) is 16.9 Å². The highest BCUT2D eigenvalue weighted by Crippen LogP contribution is 2.29. The lowest BCUT2D eigenvalue weighted by Gasteiger charge is -2.17. The van der Waals surface area contributed by atoms with Crippen LogP contribution < -0.4 is 5.73 Å². The van der Waals surface area contributed by atoms with Gasteiger partial charge in [0.05, 0.1) is 5.69 Å². The SMILES string of the molecule is Cc1cc(CC(N)C2CCCS2)n(C)n1. The number of aromatic nitrogens is 2. The summed E-state index contributed by atoms with van der Waals surface area (Å²) >= 11 is 2.03. The summed E-state index contributed by atoms with van der Waals surface area (Å²) in [5, 5.41) is 5.00. The zero-order valence-electron chi connectivity index (χ0n) is 9.44. The molecule has 0 amide bonds. The summed E-state index contributed by atoms with van der Waals surface area (Å²) in [5.41, 5.74) is 8.57. The molecule has 0 aromatic carbocycles. The molecular formula is C11H19N3S. The average molecular weight is 225 g/mol. The number of nitrogens with two attached hydrogens (primary N) is 1. The van der Waals surface area contributed by atoms with Gasteiger partial charge >= 0.3 is 0 Å². The van der Waals surface area contributed by atoms with Crippen molar-refractivity contribution in [2.45, 2.75) is 37.5 Å². The molecule has 4 heteroatoms. The summed E-state index contributed by atoms with van der Waals surface area (Å²) in [7, 11) is 2.00. The molecule has 2 N–H and O–H groups in total. The molecule has 0 aliphatic carbocycles. The fraction of sp³-hybridized carbons (Fsp3) is 0.727. The Labute approximate surface area is 95.4 Å². The van der Waals surface area contributed by atoms with Crippen LogP contribution in [-0.4, -0.2) is 26.8 Å². The van der Waals surface area contributed by atoms with E-state index in [0.717, 1.165) is 12.1 Å². The Balaban J connectivity index is 1.98. The normalized spacial score (nSPS) is 23.3. The Morgan fingerprint density at radius 1 is 1.73 bits per heavy atom. The van der Waals surface area contributed by atoms with Gasteiger partial charge in [0.2, 0.25) is 0 Å². The van der Waals surface area contributed by atoms with Crippen molar-refractivity contribution in [2.75, 3.05) is 5.75 Å². The molecule has 0 saturated carbocycles. The molecule has 1 aromatic heterocycles. The molecule has 2 heterocycles. The van der Waals surface area contributed by atoms with Crippen molar-refractivity contribution in [3.8, 4) is 0 Å². The van der Waals surface area contributed by atoms with E-state index in [1.807, 2.05) is 30.4 Å². The number of hydrogen-bond acceptors (Lipinski definition) is 3. The Morgan fingerprint density at radius 3 is 3.07 bits per heavy atom. The Kier molecular flexibility index (Phi) is 3.36. The molecule has 2 unspecified atom stereocenters. The van der Waals surface area contributed by atoms with E-state index in [0.29, 0.717) is 5.25 Å². The topological polar surface area (TPSA) is 43.8 Å². The molecule has 1 aliphatic heterocycles. The van der Waals surface area contributed by atoms with Gasteiger partial charge in [-0.05, 0) is 31.6 Å². The van der Waals surface area contributed by atoms with E-state index in [-0.39, 0.29) is 6.04 Å². The van der Waals surface area contributed by atoms with E-state index in [2.05, 4.69) is 11.2 Å². The predicted molar refractivity (Wildman–Crippen MR) is 65.1 cm³/mol. The third kappa shape index (κ3) is 2.55. The molecular weight excluding hydrogens is 206 g/mol. The van der Waals surface area contributed by atoms with Crippen LogP contribution in [0.25, 0.3) is 0 Å². The van der Waals surface area contributed by atoms with Crippen molar-refractivity contribution in [1.29, 1.82) is 0 Å². The molecule has 2 rings (SSSR count). The number of nitrogens with zero attached hydrogens (tertiary/aromatic N) is 2. The lowest BCUT2D eigenvalue weighted by Crippen LogP contribution is -2.33. The van der Waals surface area contributed by atoms with E-state index in [9.17, 15) is 0 Å². The van der Waals surface area contributed by atoms with Gasteiger partial charge in [-0.3, -0.25) is 4.68 Å². The minimum atomic E-state index is 0.285. The summed E-state index contributed by atoms with van der Waals surface area (Å²) in [5.74, 6) is 1.28. The van der Waals surface area contributed by atoms with Gasteiger partial charge in [0, 0.05) is 30.5 Å². The number of thioether (sulfide) groups is 1. The van der Waals surface area contributed by atoms with E-state index in [1.54, 1.807) is 0 Å². The molecule has 15 heavy (non-hydrogen) atoms. The maximum absolute atomic E-state index is 6.23. The van der Waals surface area contributed by atoms with Crippen molar-refractivity contribution < 1.29 is 0 Å². The Bertz CT molecular complexity index is 329. The molecule has 1 aliphatic rings. The molecule has 0 radical (unpaired) electrons. The lowest BCUT2D eigenvalue weighted by molar-refractivity contribution is 0.579. The van der Waals surface area contributed by atoms with Crippen LogP contribution in [0.5, 0.6) is 0 Å². The molecule has 0 spiro atoms.